The Bertz CT molecular complexity index is 1150. The van der Waals surface area contributed by atoms with Crippen LogP contribution in [0.1, 0.15) is 355 Å². The molecule has 6 heteroatoms. The normalized spacial score (nSPS) is 12.1. The summed E-state index contributed by atoms with van der Waals surface area (Å²) in [5, 5.41) is 0. The Morgan fingerprint density at radius 2 is 0.507 bits per heavy atom. The Kier molecular flexibility index (Phi) is 58.6. The number of ether oxygens (including phenoxy) is 3. The number of unbranched alkanes of at least 4 members (excludes halogenated alkanes) is 44. The lowest BCUT2D eigenvalue weighted by atomic mass is 10.0. The van der Waals surface area contributed by atoms with E-state index in [0.717, 1.165) is 70.6 Å². The smallest absolute Gasteiger partial charge is 0.306 e. The largest absolute Gasteiger partial charge is 0.462 e. The number of carbonyl (C=O) groups is 3. The van der Waals surface area contributed by atoms with Crippen LogP contribution in [-0.2, 0) is 28.6 Å². The average Bonchev–Trinajstić information content (AvgIpc) is 3.37. The molecule has 6 nitrogen and oxygen atoms in total. The fraction of sp³-hybridized carbons (Fsp3) is 0.892. The van der Waals surface area contributed by atoms with E-state index in [9.17, 15) is 14.4 Å². The highest BCUT2D eigenvalue weighted by molar-refractivity contribution is 5.71. The van der Waals surface area contributed by atoms with Crippen molar-refractivity contribution in [2.45, 2.75) is 361 Å². The second-order valence-electron chi connectivity index (χ2n) is 21.7. The second-order valence-corrected chi connectivity index (χ2v) is 21.7. The van der Waals surface area contributed by atoms with Crippen LogP contribution in [-0.4, -0.2) is 37.2 Å². The molecule has 0 spiro atoms. The number of hydrogen-bond donors (Lipinski definition) is 0. The Balaban J connectivity index is 3.97. The molecule has 0 heterocycles. The molecule has 0 fully saturated rings. The van der Waals surface area contributed by atoms with E-state index in [0.29, 0.717) is 19.3 Å². The van der Waals surface area contributed by atoms with Crippen LogP contribution in [0.3, 0.4) is 0 Å². The van der Waals surface area contributed by atoms with Gasteiger partial charge < -0.3 is 14.2 Å². The minimum Gasteiger partial charge on any atom is -0.462 e. The predicted molar refractivity (Wildman–Crippen MR) is 307 cm³/mol. The molecule has 0 aromatic heterocycles. The molecule has 0 N–H and O–H groups in total. The van der Waals surface area contributed by atoms with Crippen LogP contribution in [0.15, 0.2) is 24.3 Å². The third-order valence-electron chi connectivity index (χ3n) is 14.5. The maximum atomic E-state index is 12.8. The quantitative estimate of drug-likeness (QED) is 0.0261. The monoisotopic (exact) mass is 999 g/mol. The van der Waals surface area contributed by atoms with Crippen molar-refractivity contribution >= 4 is 17.9 Å². The van der Waals surface area contributed by atoms with Gasteiger partial charge in [0.05, 0.1) is 0 Å². The van der Waals surface area contributed by atoms with Gasteiger partial charge in [-0.2, -0.15) is 0 Å². The zero-order valence-corrected chi connectivity index (χ0v) is 48.0. The van der Waals surface area contributed by atoms with Crippen LogP contribution in [0.2, 0.25) is 0 Å². The van der Waals surface area contributed by atoms with Gasteiger partial charge in [0.2, 0.25) is 0 Å². The van der Waals surface area contributed by atoms with E-state index in [1.54, 1.807) is 0 Å². The number of hydrogen-bond acceptors (Lipinski definition) is 6. The fourth-order valence-electron chi connectivity index (χ4n) is 9.65. The van der Waals surface area contributed by atoms with Gasteiger partial charge in [-0.05, 0) is 51.4 Å². The third kappa shape index (κ3) is 58.7. The zero-order chi connectivity index (χ0) is 51.4. The van der Waals surface area contributed by atoms with Crippen LogP contribution in [0.5, 0.6) is 0 Å². The summed E-state index contributed by atoms with van der Waals surface area (Å²) in [7, 11) is 0. The molecular weight excluding hydrogens is 877 g/mol. The molecule has 0 amide bonds. The molecular formula is C65H122O6. The molecule has 0 bridgehead atoms. The number of carbonyl (C=O) groups excluding carboxylic acids is 3. The zero-order valence-electron chi connectivity index (χ0n) is 48.0. The summed E-state index contributed by atoms with van der Waals surface area (Å²) in [6.07, 6.45) is 72.4. The lowest BCUT2D eigenvalue weighted by Gasteiger charge is -2.18. The van der Waals surface area contributed by atoms with Gasteiger partial charge in [0.25, 0.3) is 0 Å². The Morgan fingerprint density at radius 1 is 0.282 bits per heavy atom. The van der Waals surface area contributed by atoms with Crippen LogP contribution in [0, 0.1) is 0 Å². The van der Waals surface area contributed by atoms with Crippen molar-refractivity contribution in [2.24, 2.45) is 0 Å². The van der Waals surface area contributed by atoms with Gasteiger partial charge in [0, 0.05) is 19.3 Å². The van der Waals surface area contributed by atoms with Crippen LogP contribution in [0.25, 0.3) is 0 Å². The minimum absolute atomic E-state index is 0.0662. The van der Waals surface area contributed by atoms with Gasteiger partial charge in [-0.15, -0.1) is 0 Å². The van der Waals surface area contributed by atoms with Gasteiger partial charge in [-0.25, -0.2) is 0 Å². The number of rotatable bonds is 59. The number of allylic oxidation sites excluding steroid dienone is 4. The molecule has 0 aliphatic heterocycles. The van der Waals surface area contributed by atoms with E-state index in [4.69, 9.17) is 14.2 Å². The number of esters is 3. The van der Waals surface area contributed by atoms with Gasteiger partial charge in [0.1, 0.15) is 13.2 Å². The van der Waals surface area contributed by atoms with Crippen molar-refractivity contribution in [3.63, 3.8) is 0 Å². The molecule has 1 atom stereocenters. The molecule has 0 rings (SSSR count). The van der Waals surface area contributed by atoms with Crippen molar-refractivity contribution in [1.29, 1.82) is 0 Å². The molecule has 0 aromatic carbocycles. The van der Waals surface area contributed by atoms with Crippen LogP contribution in [0.4, 0.5) is 0 Å². The first kappa shape index (κ1) is 68.9. The summed E-state index contributed by atoms with van der Waals surface area (Å²) < 4.78 is 16.8. The van der Waals surface area contributed by atoms with Gasteiger partial charge in [0.15, 0.2) is 6.10 Å². The Hall–Kier alpha value is -2.11. The topological polar surface area (TPSA) is 78.9 Å². The molecule has 418 valence electrons. The van der Waals surface area contributed by atoms with Crippen molar-refractivity contribution in [3.05, 3.63) is 24.3 Å². The first-order chi connectivity index (χ1) is 35.0. The summed E-state index contributed by atoms with van der Waals surface area (Å²) in [5.74, 6) is -0.856. The summed E-state index contributed by atoms with van der Waals surface area (Å²) in [4.78, 5) is 37.9. The Labute approximate surface area is 443 Å². The molecule has 0 saturated carbocycles. The predicted octanol–water partition coefficient (Wildman–Crippen LogP) is 21.4. The van der Waals surface area contributed by atoms with E-state index in [2.05, 4.69) is 45.1 Å². The SMILES string of the molecule is CCCCCCC/C=C\C/C=C\CCCCCCCCCCCCCCCCCC(=O)OCC(COC(=O)CCCCCCC)OC(=O)CCCCCCCCCCCCCCCCCCCCCCC. The van der Waals surface area contributed by atoms with Crippen LogP contribution >= 0.6 is 0 Å². The molecule has 0 aromatic rings. The molecule has 0 saturated heterocycles. The maximum Gasteiger partial charge on any atom is 0.306 e. The first-order valence-electron chi connectivity index (χ1n) is 31.8. The Morgan fingerprint density at radius 3 is 0.775 bits per heavy atom. The highest BCUT2D eigenvalue weighted by atomic mass is 16.6. The van der Waals surface area contributed by atoms with Crippen molar-refractivity contribution in [2.75, 3.05) is 13.2 Å². The first-order valence-corrected chi connectivity index (χ1v) is 31.8. The van der Waals surface area contributed by atoms with Crippen molar-refractivity contribution in [3.8, 4) is 0 Å². The fourth-order valence-corrected chi connectivity index (χ4v) is 9.65. The van der Waals surface area contributed by atoms with Gasteiger partial charge in [-0.1, -0.05) is 308 Å². The lowest BCUT2D eigenvalue weighted by molar-refractivity contribution is -0.167. The second kappa shape index (κ2) is 60.4. The third-order valence-corrected chi connectivity index (χ3v) is 14.5. The summed E-state index contributed by atoms with van der Waals surface area (Å²) in [5.41, 5.74) is 0. The lowest BCUT2D eigenvalue weighted by Crippen LogP contribution is -2.30. The minimum atomic E-state index is -0.764. The van der Waals surface area contributed by atoms with Gasteiger partial charge >= 0.3 is 17.9 Å². The highest BCUT2D eigenvalue weighted by Crippen LogP contribution is 2.18. The van der Waals surface area contributed by atoms with E-state index in [-0.39, 0.29) is 31.1 Å². The van der Waals surface area contributed by atoms with Crippen molar-refractivity contribution in [1.82, 2.24) is 0 Å². The van der Waals surface area contributed by atoms with E-state index < -0.39 is 6.10 Å². The summed E-state index contributed by atoms with van der Waals surface area (Å²) in [6.45, 7) is 6.61. The van der Waals surface area contributed by atoms with E-state index >= 15 is 0 Å². The molecule has 1 unspecified atom stereocenters. The van der Waals surface area contributed by atoms with E-state index in [1.807, 2.05) is 0 Å². The van der Waals surface area contributed by atoms with Crippen LogP contribution < -0.4 is 0 Å². The van der Waals surface area contributed by atoms with Crippen molar-refractivity contribution < 1.29 is 28.6 Å². The van der Waals surface area contributed by atoms with Gasteiger partial charge in [-0.3, -0.25) is 14.4 Å². The molecule has 0 aliphatic rings. The maximum absolute atomic E-state index is 12.8. The average molecular weight is 1000 g/mol. The van der Waals surface area contributed by atoms with E-state index in [1.165, 1.54) is 244 Å². The standard InChI is InChI=1S/C65H122O6/c1-4-7-10-13-15-17-19-21-23-25-27-29-30-31-32-33-34-36-37-39-41-43-45-47-49-52-55-58-64(67)70-61-62(60-69-63(66)57-54-51-12-9-6-3)71-65(68)59-56-53-50-48-46-44-42-40-38-35-28-26-24-22-20-18-16-14-11-8-5-2/h19,21,25,27,62H,4-18,20,22-24,26,28-61H2,1-3H3/b21-19-,27-25-. The molecule has 0 radical (unpaired) electrons. The summed E-state index contributed by atoms with van der Waals surface area (Å²) >= 11 is 0. The summed E-state index contributed by atoms with van der Waals surface area (Å²) in [6, 6.07) is 0. The molecule has 0 aliphatic carbocycles. The molecule has 71 heavy (non-hydrogen) atoms. The highest BCUT2D eigenvalue weighted by Gasteiger charge is 2.19.